The predicted molar refractivity (Wildman–Crippen MR) is 146 cm³/mol. The third-order valence-corrected chi connectivity index (χ3v) is 8.14. The molecule has 3 heterocycles. The highest BCUT2D eigenvalue weighted by molar-refractivity contribution is 7.89. The summed E-state index contributed by atoms with van der Waals surface area (Å²) in [5, 5.41) is 16.5. The van der Waals surface area contributed by atoms with E-state index in [9.17, 15) is 13.5 Å². The van der Waals surface area contributed by atoms with E-state index in [0.717, 1.165) is 31.4 Å². The zero-order valence-corrected chi connectivity index (χ0v) is 22.0. The number of nitrogens with zero attached hydrogens (tertiary/aromatic N) is 5. The van der Waals surface area contributed by atoms with Gasteiger partial charge in [-0.1, -0.05) is 6.07 Å². The minimum atomic E-state index is -3.66. The molecule has 0 unspecified atom stereocenters. The standard InChI is InChI=1S/C26H32N8O3S/c1-2-34-17-28-23-24(32-26(33-25(23)34)31-20-6-10-21(35)11-7-20)30-19-8-12-22(13-9-19)38(36,37)29-16-14-18-5-3-4-15-27-18/h3-5,8-9,12-13,15,17,20-21,29,35H,2,6-7,10-11,14,16H2,1H3,(H2,30,31,32,33). The van der Waals surface area contributed by atoms with Gasteiger partial charge in [0, 0.05) is 43.1 Å². The summed E-state index contributed by atoms with van der Waals surface area (Å²) in [7, 11) is -3.66. The van der Waals surface area contributed by atoms with Crippen LogP contribution in [0.15, 0.2) is 59.9 Å². The van der Waals surface area contributed by atoms with Crippen LogP contribution in [0.1, 0.15) is 38.3 Å². The number of aliphatic hydroxyl groups excluding tert-OH is 1. The van der Waals surface area contributed by atoms with Gasteiger partial charge in [0.15, 0.2) is 17.0 Å². The minimum absolute atomic E-state index is 0.175. The fraction of sp³-hybridized carbons (Fsp3) is 0.385. The summed E-state index contributed by atoms with van der Waals surface area (Å²) in [5.74, 6) is 1.03. The highest BCUT2D eigenvalue weighted by Gasteiger charge is 2.21. The van der Waals surface area contributed by atoms with Crippen LogP contribution in [0.3, 0.4) is 0 Å². The minimum Gasteiger partial charge on any atom is -0.393 e. The summed E-state index contributed by atoms with van der Waals surface area (Å²) in [5.41, 5.74) is 2.84. The molecular formula is C26H32N8O3S. The third kappa shape index (κ3) is 6.09. The molecular weight excluding hydrogens is 504 g/mol. The molecule has 0 amide bonds. The molecule has 38 heavy (non-hydrogen) atoms. The number of aromatic nitrogens is 5. The van der Waals surface area contributed by atoms with Crippen molar-refractivity contribution < 1.29 is 13.5 Å². The number of fused-ring (bicyclic) bond motifs is 1. The first-order valence-corrected chi connectivity index (χ1v) is 14.3. The van der Waals surface area contributed by atoms with Crippen LogP contribution in [-0.4, -0.2) is 56.7 Å². The summed E-state index contributed by atoms with van der Waals surface area (Å²) in [6.07, 6.45) is 6.90. The van der Waals surface area contributed by atoms with Crippen molar-refractivity contribution in [2.24, 2.45) is 0 Å². The summed E-state index contributed by atoms with van der Waals surface area (Å²) in [6, 6.07) is 12.3. The molecule has 0 radical (unpaired) electrons. The Morgan fingerprint density at radius 1 is 1.03 bits per heavy atom. The molecule has 1 aromatic carbocycles. The van der Waals surface area contributed by atoms with Crippen molar-refractivity contribution >= 4 is 38.6 Å². The lowest BCUT2D eigenvalue weighted by Crippen LogP contribution is -2.29. The maximum atomic E-state index is 12.7. The average Bonchev–Trinajstić information content (AvgIpc) is 3.34. The van der Waals surface area contributed by atoms with E-state index in [2.05, 4.69) is 30.3 Å². The van der Waals surface area contributed by atoms with Crippen molar-refractivity contribution in [1.29, 1.82) is 0 Å². The van der Waals surface area contributed by atoms with Gasteiger partial charge in [-0.2, -0.15) is 9.97 Å². The number of rotatable bonds is 10. The van der Waals surface area contributed by atoms with Crippen LogP contribution in [0.2, 0.25) is 0 Å². The van der Waals surface area contributed by atoms with Gasteiger partial charge in [-0.15, -0.1) is 0 Å². The molecule has 4 N–H and O–H groups in total. The van der Waals surface area contributed by atoms with E-state index in [4.69, 9.17) is 4.98 Å². The number of nitrogens with one attached hydrogen (secondary N) is 3. The number of pyridine rings is 1. The van der Waals surface area contributed by atoms with E-state index in [1.165, 1.54) is 0 Å². The number of hydrogen-bond acceptors (Lipinski definition) is 9. The van der Waals surface area contributed by atoms with Gasteiger partial charge < -0.3 is 20.3 Å². The Bertz CT molecular complexity index is 1470. The van der Waals surface area contributed by atoms with Crippen molar-refractivity contribution in [1.82, 2.24) is 29.2 Å². The van der Waals surface area contributed by atoms with Gasteiger partial charge in [0.25, 0.3) is 0 Å². The molecule has 0 saturated heterocycles. The zero-order chi connectivity index (χ0) is 26.5. The van der Waals surface area contributed by atoms with Gasteiger partial charge in [0.1, 0.15) is 0 Å². The lowest BCUT2D eigenvalue weighted by molar-refractivity contribution is 0.126. The zero-order valence-electron chi connectivity index (χ0n) is 21.2. The van der Waals surface area contributed by atoms with Gasteiger partial charge in [-0.3, -0.25) is 4.98 Å². The Kier molecular flexibility index (Phi) is 7.82. The molecule has 1 aliphatic rings. The van der Waals surface area contributed by atoms with Gasteiger partial charge in [-0.25, -0.2) is 18.1 Å². The lowest BCUT2D eigenvalue weighted by Gasteiger charge is -2.26. The fourth-order valence-corrected chi connectivity index (χ4v) is 5.56. The van der Waals surface area contributed by atoms with Crippen LogP contribution in [-0.2, 0) is 23.0 Å². The average molecular weight is 537 g/mol. The molecule has 1 saturated carbocycles. The van der Waals surface area contributed by atoms with Gasteiger partial charge in [-0.05, 0) is 69.0 Å². The van der Waals surface area contributed by atoms with E-state index in [-0.39, 0.29) is 23.6 Å². The van der Waals surface area contributed by atoms with Crippen LogP contribution in [0.5, 0.6) is 0 Å². The van der Waals surface area contributed by atoms with Gasteiger partial charge in [0.2, 0.25) is 16.0 Å². The Morgan fingerprint density at radius 3 is 2.53 bits per heavy atom. The molecule has 0 aliphatic heterocycles. The Labute approximate surface area is 221 Å². The Morgan fingerprint density at radius 2 is 1.82 bits per heavy atom. The first-order chi connectivity index (χ1) is 18.4. The smallest absolute Gasteiger partial charge is 0.240 e. The van der Waals surface area contributed by atoms with Crippen molar-refractivity contribution in [2.45, 2.75) is 62.6 Å². The number of aryl methyl sites for hydroxylation is 1. The topological polar surface area (TPSA) is 147 Å². The number of aliphatic hydroxyl groups is 1. The van der Waals surface area contributed by atoms with Crippen LogP contribution < -0.4 is 15.4 Å². The SMILES string of the molecule is CCn1cnc2c(Nc3ccc(S(=O)(=O)NCCc4ccccn4)cc3)nc(NC3CCC(O)CC3)nc21. The van der Waals surface area contributed by atoms with E-state index < -0.39 is 10.0 Å². The van der Waals surface area contributed by atoms with Crippen LogP contribution >= 0.6 is 0 Å². The quantitative estimate of drug-likeness (QED) is 0.240. The van der Waals surface area contributed by atoms with Crippen molar-refractivity contribution in [3.63, 3.8) is 0 Å². The summed E-state index contributed by atoms with van der Waals surface area (Å²) in [6.45, 7) is 2.99. The molecule has 200 valence electrons. The molecule has 5 rings (SSSR count). The molecule has 4 aromatic rings. The normalized spacial score (nSPS) is 17.9. The lowest BCUT2D eigenvalue weighted by atomic mass is 9.93. The summed E-state index contributed by atoms with van der Waals surface area (Å²) >= 11 is 0. The predicted octanol–water partition coefficient (Wildman–Crippen LogP) is 3.22. The van der Waals surface area contributed by atoms with E-state index >= 15 is 0 Å². The second kappa shape index (κ2) is 11.4. The molecule has 3 aromatic heterocycles. The molecule has 1 aliphatic carbocycles. The highest BCUT2D eigenvalue weighted by atomic mass is 32.2. The number of anilines is 3. The monoisotopic (exact) mass is 536 g/mol. The second-order valence-corrected chi connectivity index (χ2v) is 11.1. The van der Waals surface area contributed by atoms with Gasteiger partial charge >= 0.3 is 0 Å². The molecule has 0 bridgehead atoms. The van der Waals surface area contributed by atoms with Crippen molar-refractivity contribution in [3.05, 3.63) is 60.7 Å². The molecule has 0 atom stereocenters. The molecule has 1 fully saturated rings. The maximum absolute atomic E-state index is 12.7. The molecule has 12 heteroatoms. The number of imidazole rings is 1. The highest BCUT2D eigenvalue weighted by Crippen LogP contribution is 2.27. The second-order valence-electron chi connectivity index (χ2n) is 9.37. The largest absolute Gasteiger partial charge is 0.393 e. The number of benzene rings is 1. The van der Waals surface area contributed by atoms with Crippen molar-refractivity contribution in [2.75, 3.05) is 17.2 Å². The number of sulfonamides is 1. The number of hydrogen-bond donors (Lipinski definition) is 4. The fourth-order valence-electron chi connectivity index (χ4n) is 4.53. The van der Waals surface area contributed by atoms with E-state index in [1.807, 2.05) is 29.7 Å². The van der Waals surface area contributed by atoms with Crippen LogP contribution in [0.25, 0.3) is 11.2 Å². The molecule has 0 spiro atoms. The first-order valence-electron chi connectivity index (χ1n) is 12.9. The Hall–Kier alpha value is -3.61. The van der Waals surface area contributed by atoms with E-state index in [1.54, 1.807) is 36.8 Å². The third-order valence-electron chi connectivity index (χ3n) is 6.66. The maximum Gasteiger partial charge on any atom is 0.240 e. The Balaban J connectivity index is 1.31. The summed E-state index contributed by atoms with van der Waals surface area (Å²) in [4.78, 5) is 18.3. The first kappa shape index (κ1) is 26.0. The van der Waals surface area contributed by atoms with Gasteiger partial charge in [0.05, 0.1) is 17.3 Å². The van der Waals surface area contributed by atoms with Crippen LogP contribution in [0.4, 0.5) is 17.5 Å². The van der Waals surface area contributed by atoms with E-state index in [0.29, 0.717) is 41.6 Å². The van der Waals surface area contributed by atoms with Crippen molar-refractivity contribution in [3.8, 4) is 0 Å². The molecule has 11 nitrogen and oxygen atoms in total. The van der Waals surface area contributed by atoms with Crippen LogP contribution in [0, 0.1) is 0 Å². The summed E-state index contributed by atoms with van der Waals surface area (Å²) < 4.78 is 30.1.